The molecule has 3 nitrogen and oxygen atoms in total. The molecule has 2 rings (SSSR count). The topological polar surface area (TPSA) is 59.4 Å². The molecule has 0 fully saturated rings. The smallest absolute Gasteiger partial charge is 0.135 e. The average Bonchev–Trinajstić information content (AvgIpc) is 2.76. The van der Waals surface area contributed by atoms with Crippen molar-refractivity contribution in [3.05, 3.63) is 41.1 Å². The van der Waals surface area contributed by atoms with Crippen LogP contribution in [0.5, 0.6) is 0 Å². The molecule has 0 bridgehead atoms. The summed E-state index contributed by atoms with van der Waals surface area (Å²) >= 11 is 6.00. The molecular weight excluding hydrogens is 226 g/mol. The third-order valence-electron chi connectivity index (χ3n) is 2.40. The lowest BCUT2D eigenvalue weighted by Gasteiger charge is -2.09. The summed E-state index contributed by atoms with van der Waals surface area (Å²) in [5.41, 5.74) is 8.20. The number of halogens is 1. The van der Waals surface area contributed by atoms with Crippen LogP contribution in [0, 0.1) is 0 Å². The Morgan fingerprint density at radius 1 is 1.38 bits per heavy atom. The summed E-state index contributed by atoms with van der Waals surface area (Å²) in [4.78, 5) is 0. The number of nitrogens with two attached hydrogens (primary N) is 1. The second-order valence-electron chi connectivity index (χ2n) is 3.48. The highest BCUT2D eigenvalue weighted by molar-refractivity contribution is 6.31. The van der Waals surface area contributed by atoms with E-state index in [0.29, 0.717) is 22.9 Å². The Bertz CT molecular complexity index is 480. The van der Waals surface area contributed by atoms with Gasteiger partial charge in [-0.15, -0.1) is 0 Å². The van der Waals surface area contributed by atoms with Crippen molar-refractivity contribution in [2.24, 2.45) is 0 Å². The molecule has 0 saturated carbocycles. The third kappa shape index (κ3) is 2.05. The first-order valence-electron chi connectivity index (χ1n) is 4.95. The average molecular weight is 238 g/mol. The van der Waals surface area contributed by atoms with E-state index < -0.39 is 0 Å². The van der Waals surface area contributed by atoms with Gasteiger partial charge in [-0.2, -0.15) is 0 Å². The Balaban J connectivity index is 2.53. The van der Waals surface area contributed by atoms with E-state index in [1.165, 1.54) is 0 Å². The van der Waals surface area contributed by atoms with Crippen LogP contribution in [-0.4, -0.2) is 11.7 Å². The zero-order chi connectivity index (χ0) is 11.5. The van der Waals surface area contributed by atoms with Gasteiger partial charge in [-0.1, -0.05) is 11.6 Å². The van der Waals surface area contributed by atoms with Gasteiger partial charge in [0.1, 0.15) is 5.76 Å². The Morgan fingerprint density at radius 2 is 2.19 bits per heavy atom. The molecule has 16 heavy (non-hydrogen) atoms. The summed E-state index contributed by atoms with van der Waals surface area (Å²) in [5, 5.41) is 9.52. The zero-order valence-electron chi connectivity index (χ0n) is 8.61. The monoisotopic (exact) mass is 237 g/mol. The molecule has 1 aromatic heterocycles. The predicted octanol–water partition coefficient (Wildman–Crippen LogP) is 2.72. The van der Waals surface area contributed by atoms with Crippen LogP contribution in [0.25, 0.3) is 11.3 Å². The number of hydrogen-bond acceptors (Lipinski definition) is 3. The quantitative estimate of drug-likeness (QED) is 0.807. The number of hydrogen-bond donors (Lipinski definition) is 2. The molecule has 1 aromatic carbocycles. The first-order valence-corrected chi connectivity index (χ1v) is 5.33. The van der Waals surface area contributed by atoms with Crippen LogP contribution in [0.15, 0.2) is 34.9 Å². The van der Waals surface area contributed by atoms with E-state index in [1.54, 1.807) is 24.5 Å². The molecular formula is C12H12ClNO2. The fourth-order valence-electron chi connectivity index (χ4n) is 1.64. The van der Waals surface area contributed by atoms with Crippen molar-refractivity contribution in [2.75, 3.05) is 12.3 Å². The minimum absolute atomic E-state index is 0.0438. The van der Waals surface area contributed by atoms with Crippen molar-refractivity contribution in [1.82, 2.24) is 0 Å². The first-order chi connectivity index (χ1) is 7.72. The summed E-state index contributed by atoms with van der Waals surface area (Å²) < 4.78 is 5.29. The lowest BCUT2D eigenvalue weighted by Crippen LogP contribution is -1.99. The Labute approximate surface area is 98.5 Å². The van der Waals surface area contributed by atoms with Crippen LogP contribution < -0.4 is 5.73 Å². The number of aliphatic hydroxyl groups is 1. The summed E-state index contributed by atoms with van der Waals surface area (Å²) in [6.45, 7) is 0.0438. The van der Waals surface area contributed by atoms with Crippen LogP contribution in [0.3, 0.4) is 0 Å². The number of benzene rings is 1. The van der Waals surface area contributed by atoms with Crippen molar-refractivity contribution in [3.8, 4) is 11.3 Å². The van der Waals surface area contributed by atoms with E-state index in [9.17, 15) is 0 Å². The van der Waals surface area contributed by atoms with Gasteiger partial charge in [0.15, 0.2) is 0 Å². The molecule has 1 heterocycles. The van der Waals surface area contributed by atoms with E-state index in [4.69, 9.17) is 26.9 Å². The van der Waals surface area contributed by atoms with Crippen LogP contribution in [0.4, 0.5) is 5.69 Å². The van der Waals surface area contributed by atoms with Gasteiger partial charge in [-0.3, -0.25) is 0 Å². The van der Waals surface area contributed by atoms with Gasteiger partial charge in [-0.05, 0) is 36.2 Å². The van der Waals surface area contributed by atoms with E-state index >= 15 is 0 Å². The van der Waals surface area contributed by atoms with Crippen molar-refractivity contribution >= 4 is 17.3 Å². The van der Waals surface area contributed by atoms with Gasteiger partial charge in [0.25, 0.3) is 0 Å². The van der Waals surface area contributed by atoms with Crippen LogP contribution >= 0.6 is 11.6 Å². The number of aliphatic hydroxyl groups excluding tert-OH is 1. The maximum atomic E-state index is 8.93. The number of anilines is 1. The molecule has 0 spiro atoms. The van der Waals surface area contributed by atoms with Crippen molar-refractivity contribution in [2.45, 2.75) is 6.42 Å². The maximum absolute atomic E-state index is 8.93. The molecule has 0 aliphatic rings. The van der Waals surface area contributed by atoms with E-state index in [1.807, 2.05) is 6.07 Å². The van der Waals surface area contributed by atoms with Crippen molar-refractivity contribution in [3.63, 3.8) is 0 Å². The molecule has 0 atom stereocenters. The molecule has 0 unspecified atom stereocenters. The van der Waals surface area contributed by atoms with Gasteiger partial charge in [-0.25, -0.2) is 0 Å². The lowest BCUT2D eigenvalue weighted by atomic mass is 10.0. The summed E-state index contributed by atoms with van der Waals surface area (Å²) in [6, 6.07) is 7.14. The van der Waals surface area contributed by atoms with Gasteiger partial charge in [0, 0.05) is 22.9 Å². The van der Waals surface area contributed by atoms with E-state index in [0.717, 1.165) is 11.1 Å². The highest BCUT2D eigenvalue weighted by Gasteiger charge is 2.10. The number of rotatable bonds is 3. The van der Waals surface area contributed by atoms with Gasteiger partial charge >= 0.3 is 0 Å². The Hall–Kier alpha value is -1.45. The molecule has 0 saturated heterocycles. The summed E-state index contributed by atoms with van der Waals surface area (Å²) in [5.74, 6) is 0.680. The third-order valence-corrected chi connectivity index (χ3v) is 2.62. The summed E-state index contributed by atoms with van der Waals surface area (Å²) in [7, 11) is 0. The largest absolute Gasteiger partial charge is 0.464 e. The Kier molecular flexibility index (Phi) is 3.17. The molecule has 2 aromatic rings. The predicted molar refractivity (Wildman–Crippen MR) is 64.4 cm³/mol. The van der Waals surface area contributed by atoms with Crippen LogP contribution in [0.2, 0.25) is 5.02 Å². The van der Waals surface area contributed by atoms with Gasteiger partial charge < -0.3 is 15.3 Å². The molecule has 0 aliphatic carbocycles. The standard InChI is InChI=1S/C12H12ClNO2/c13-9-6-8(3-4-15)12(14)10(7-9)11-2-1-5-16-11/h1-2,5-7,15H,3-4,14H2. The highest BCUT2D eigenvalue weighted by Crippen LogP contribution is 2.32. The van der Waals surface area contributed by atoms with Gasteiger partial charge in [0.2, 0.25) is 0 Å². The molecule has 4 heteroatoms. The maximum Gasteiger partial charge on any atom is 0.135 e. The first kappa shape index (κ1) is 11.0. The van der Waals surface area contributed by atoms with E-state index in [2.05, 4.69) is 0 Å². The normalized spacial score (nSPS) is 10.6. The molecule has 0 radical (unpaired) electrons. The second kappa shape index (κ2) is 4.60. The number of nitrogen functional groups attached to an aromatic ring is 1. The fourth-order valence-corrected chi connectivity index (χ4v) is 1.88. The fraction of sp³-hybridized carbons (Fsp3) is 0.167. The highest BCUT2D eigenvalue weighted by atomic mass is 35.5. The Morgan fingerprint density at radius 3 is 2.81 bits per heavy atom. The zero-order valence-corrected chi connectivity index (χ0v) is 9.37. The van der Waals surface area contributed by atoms with Crippen molar-refractivity contribution < 1.29 is 9.52 Å². The van der Waals surface area contributed by atoms with Gasteiger partial charge in [0.05, 0.1) is 6.26 Å². The van der Waals surface area contributed by atoms with Crippen LogP contribution in [0.1, 0.15) is 5.56 Å². The molecule has 3 N–H and O–H groups in total. The minimum atomic E-state index is 0.0438. The van der Waals surface area contributed by atoms with Crippen LogP contribution in [-0.2, 0) is 6.42 Å². The molecule has 0 amide bonds. The summed E-state index contributed by atoms with van der Waals surface area (Å²) in [6.07, 6.45) is 2.07. The molecule has 84 valence electrons. The lowest BCUT2D eigenvalue weighted by molar-refractivity contribution is 0.300. The number of furan rings is 1. The minimum Gasteiger partial charge on any atom is -0.464 e. The molecule has 0 aliphatic heterocycles. The van der Waals surface area contributed by atoms with E-state index in [-0.39, 0.29) is 6.61 Å². The SMILES string of the molecule is Nc1c(CCO)cc(Cl)cc1-c1ccco1. The van der Waals surface area contributed by atoms with Crippen molar-refractivity contribution in [1.29, 1.82) is 0 Å². The second-order valence-corrected chi connectivity index (χ2v) is 3.91.